The van der Waals surface area contributed by atoms with Gasteiger partial charge in [-0.05, 0) is 31.4 Å². The monoisotopic (exact) mass is 383 g/mol. The molecule has 1 aliphatic rings. The van der Waals surface area contributed by atoms with Crippen LogP contribution in [0.3, 0.4) is 0 Å². The molecule has 0 bridgehead atoms. The summed E-state index contributed by atoms with van der Waals surface area (Å²) in [6.45, 7) is 1.51. The molecule has 4 rings (SSSR count). The van der Waals surface area contributed by atoms with Gasteiger partial charge in [0, 0.05) is 24.7 Å². The summed E-state index contributed by atoms with van der Waals surface area (Å²) in [5, 5.41) is 12.5. The van der Waals surface area contributed by atoms with Crippen LogP contribution in [-0.2, 0) is 0 Å². The second-order valence-electron chi connectivity index (χ2n) is 6.96. The minimum Gasteiger partial charge on any atom is -0.339 e. The van der Waals surface area contributed by atoms with Gasteiger partial charge in [0.25, 0.3) is 5.91 Å². The Bertz CT molecular complexity index is 1050. The number of piperidine rings is 1. The number of hydrogen-bond donors (Lipinski definition) is 1. The molecule has 2 heterocycles. The lowest BCUT2D eigenvalue weighted by Gasteiger charge is -2.26. The van der Waals surface area contributed by atoms with Crippen LogP contribution >= 0.6 is 0 Å². The van der Waals surface area contributed by atoms with Crippen LogP contribution in [-0.4, -0.2) is 33.9 Å². The topological polar surface area (TPSA) is 81.9 Å². The van der Waals surface area contributed by atoms with Crippen LogP contribution in [0.2, 0.25) is 0 Å². The number of amides is 1. The molecule has 6 nitrogen and oxygen atoms in total. The van der Waals surface area contributed by atoms with Gasteiger partial charge >= 0.3 is 0 Å². The van der Waals surface area contributed by atoms with Gasteiger partial charge in [-0.15, -0.1) is 0 Å². The molecule has 0 spiro atoms. The summed E-state index contributed by atoms with van der Waals surface area (Å²) in [6, 6.07) is 20.6. The highest BCUT2D eigenvalue weighted by Gasteiger charge is 2.21. The largest absolute Gasteiger partial charge is 0.339 e. The number of para-hydroxylation sites is 1. The normalized spacial score (nSPS) is 13.6. The Labute approximate surface area is 169 Å². The van der Waals surface area contributed by atoms with Crippen molar-refractivity contribution in [2.75, 3.05) is 18.4 Å². The molecule has 0 atom stereocenters. The van der Waals surface area contributed by atoms with Crippen molar-refractivity contribution >= 4 is 17.4 Å². The summed E-state index contributed by atoms with van der Waals surface area (Å²) < 4.78 is 0. The van der Waals surface area contributed by atoms with Crippen LogP contribution in [0.15, 0.2) is 60.7 Å². The molecule has 3 aromatic rings. The lowest BCUT2D eigenvalue weighted by atomic mass is 10.1. The van der Waals surface area contributed by atoms with Crippen molar-refractivity contribution in [3.63, 3.8) is 0 Å². The lowest BCUT2D eigenvalue weighted by Crippen LogP contribution is -2.36. The molecule has 1 fully saturated rings. The van der Waals surface area contributed by atoms with Gasteiger partial charge in [0.15, 0.2) is 5.82 Å². The van der Waals surface area contributed by atoms with Crippen molar-refractivity contribution in [3.05, 3.63) is 71.9 Å². The summed E-state index contributed by atoms with van der Waals surface area (Å²) >= 11 is 0. The number of carbonyl (C=O) groups excluding carboxylic acids is 1. The van der Waals surface area contributed by atoms with Crippen LogP contribution in [0.1, 0.15) is 35.3 Å². The van der Waals surface area contributed by atoms with Gasteiger partial charge in [0.1, 0.15) is 17.6 Å². The van der Waals surface area contributed by atoms with Crippen molar-refractivity contribution in [2.45, 2.75) is 19.3 Å². The zero-order valence-electron chi connectivity index (χ0n) is 16.0. The van der Waals surface area contributed by atoms with Crippen LogP contribution < -0.4 is 5.32 Å². The number of anilines is 2. The van der Waals surface area contributed by atoms with E-state index in [0.717, 1.165) is 37.9 Å². The minimum absolute atomic E-state index is 0.0825. The average Bonchev–Trinajstić information content (AvgIpc) is 2.80. The molecular formula is C23H21N5O. The quantitative estimate of drug-likeness (QED) is 0.723. The van der Waals surface area contributed by atoms with E-state index in [-0.39, 0.29) is 5.91 Å². The summed E-state index contributed by atoms with van der Waals surface area (Å²) in [5.74, 6) is 0.883. The number of nitrogens with zero attached hydrogens (tertiary/aromatic N) is 4. The Morgan fingerprint density at radius 1 is 0.966 bits per heavy atom. The third kappa shape index (κ3) is 4.25. The minimum atomic E-state index is -0.0825. The molecule has 2 aromatic carbocycles. The molecule has 1 aliphatic heterocycles. The number of nitriles is 1. The van der Waals surface area contributed by atoms with Gasteiger partial charge in [0.05, 0.1) is 11.3 Å². The Hall–Kier alpha value is -3.72. The molecule has 1 N–H and O–H groups in total. The predicted molar refractivity (Wildman–Crippen MR) is 112 cm³/mol. The van der Waals surface area contributed by atoms with Gasteiger partial charge in [-0.2, -0.15) is 5.26 Å². The molecule has 1 saturated heterocycles. The second-order valence-corrected chi connectivity index (χ2v) is 6.96. The van der Waals surface area contributed by atoms with Crippen molar-refractivity contribution in [1.29, 1.82) is 5.26 Å². The molecule has 1 amide bonds. The van der Waals surface area contributed by atoms with Crippen LogP contribution in [0, 0.1) is 11.3 Å². The van der Waals surface area contributed by atoms with Gasteiger partial charge in [0.2, 0.25) is 0 Å². The third-order valence-corrected chi connectivity index (χ3v) is 4.93. The zero-order valence-corrected chi connectivity index (χ0v) is 16.0. The number of nitrogens with one attached hydrogen (secondary N) is 1. The fourth-order valence-corrected chi connectivity index (χ4v) is 3.42. The van der Waals surface area contributed by atoms with Crippen molar-refractivity contribution in [2.24, 2.45) is 0 Å². The number of hydrogen-bond acceptors (Lipinski definition) is 5. The molecule has 0 unspecified atom stereocenters. The van der Waals surface area contributed by atoms with Gasteiger partial charge in [-0.25, -0.2) is 9.97 Å². The molecule has 29 heavy (non-hydrogen) atoms. The number of rotatable bonds is 4. The fraction of sp³-hybridized carbons (Fsp3) is 0.217. The Kier molecular flexibility index (Phi) is 5.48. The predicted octanol–water partition coefficient (Wildman–Crippen LogP) is 4.38. The number of benzene rings is 2. The van der Waals surface area contributed by atoms with Gasteiger partial charge < -0.3 is 10.2 Å². The SMILES string of the molecule is N#Cc1ccccc1Nc1cc(C(=O)N2CCCCC2)nc(-c2ccccc2)n1. The Morgan fingerprint density at radius 2 is 1.69 bits per heavy atom. The maximum atomic E-state index is 13.1. The van der Waals surface area contributed by atoms with E-state index in [0.29, 0.717) is 28.6 Å². The smallest absolute Gasteiger partial charge is 0.272 e. The molecule has 1 aromatic heterocycles. The standard InChI is InChI=1S/C23H21N5O/c24-16-18-11-5-6-12-19(18)25-21-15-20(23(29)28-13-7-2-8-14-28)26-22(27-21)17-9-3-1-4-10-17/h1,3-6,9-12,15H,2,7-8,13-14H2,(H,25,26,27). The maximum Gasteiger partial charge on any atom is 0.272 e. The third-order valence-electron chi connectivity index (χ3n) is 4.93. The molecule has 0 aliphatic carbocycles. The first-order valence-corrected chi connectivity index (χ1v) is 9.74. The fourth-order valence-electron chi connectivity index (χ4n) is 3.42. The molecule has 0 saturated carbocycles. The summed E-state index contributed by atoms with van der Waals surface area (Å²) in [7, 11) is 0. The van der Waals surface area contributed by atoms with Crippen LogP contribution in [0.25, 0.3) is 11.4 Å². The first-order valence-electron chi connectivity index (χ1n) is 9.74. The van der Waals surface area contributed by atoms with Crippen molar-refractivity contribution in [3.8, 4) is 17.5 Å². The van der Waals surface area contributed by atoms with Gasteiger partial charge in [-0.3, -0.25) is 4.79 Å². The Balaban J connectivity index is 1.74. The van der Waals surface area contributed by atoms with E-state index in [1.165, 1.54) is 0 Å². The highest BCUT2D eigenvalue weighted by Crippen LogP contribution is 2.24. The van der Waals surface area contributed by atoms with Crippen molar-refractivity contribution < 1.29 is 4.79 Å². The number of likely N-dealkylation sites (tertiary alicyclic amines) is 1. The number of aromatic nitrogens is 2. The molecule has 6 heteroatoms. The van der Waals surface area contributed by atoms with E-state index in [1.807, 2.05) is 53.4 Å². The second kappa shape index (κ2) is 8.53. The highest BCUT2D eigenvalue weighted by molar-refractivity contribution is 5.93. The van der Waals surface area contributed by atoms with E-state index in [1.54, 1.807) is 12.1 Å². The maximum absolute atomic E-state index is 13.1. The lowest BCUT2D eigenvalue weighted by molar-refractivity contribution is 0.0718. The van der Waals surface area contributed by atoms with Crippen LogP contribution in [0.4, 0.5) is 11.5 Å². The summed E-state index contributed by atoms with van der Waals surface area (Å²) in [4.78, 5) is 24.1. The molecule has 144 valence electrons. The Morgan fingerprint density at radius 3 is 2.45 bits per heavy atom. The molecule has 0 radical (unpaired) electrons. The summed E-state index contributed by atoms with van der Waals surface area (Å²) in [6.07, 6.45) is 3.19. The summed E-state index contributed by atoms with van der Waals surface area (Å²) in [5.41, 5.74) is 2.34. The zero-order chi connectivity index (χ0) is 20.1. The highest BCUT2D eigenvalue weighted by atomic mass is 16.2. The van der Waals surface area contributed by atoms with E-state index in [2.05, 4.69) is 21.4 Å². The van der Waals surface area contributed by atoms with E-state index in [9.17, 15) is 10.1 Å². The van der Waals surface area contributed by atoms with Gasteiger partial charge in [-0.1, -0.05) is 42.5 Å². The van der Waals surface area contributed by atoms with E-state index < -0.39 is 0 Å². The first-order chi connectivity index (χ1) is 14.2. The molecular weight excluding hydrogens is 362 g/mol. The van der Waals surface area contributed by atoms with E-state index in [4.69, 9.17) is 0 Å². The van der Waals surface area contributed by atoms with Crippen molar-refractivity contribution in [1.82, 2.24) is 14.9 Å². The average molecular weight is 383 g/mol. The van der Waals surface area contributed by atoms with E-state index >= 15 is 0 Å². The van der Waals surface area contributed by atoms with Crippen LogP contribution in [0.5, 0.6) is 0 Å². The number of carbonyl (C=O) groups is 1. The first kappa shape index (κ1) is 18.6.